The highest BCUT2D eigenvalue weighted by Gasteiger charge is 2.15. The molecule has 0 unspecified atom stereocenters. The lowest BCUT2D eigenvalue weighted by molar-refractivity contribution is 0.362. The third kappa shape index (κ3) is 2.25. The molecule has 0 saturated carbocycles. The van der Waals surface area contributed by atoms with Crippen molar-refractivity contribution in [2.45, 2.75) is 0 Å². The van der Waals surface area contributed by atoms with Crippen LogP contribution in [0, 0.1) is 0 Å². The van der Waals surface area contributed by atoms with Crippen LogP contribution in [0.15, 0.2) is 35.1 Å². The summed E-state index contributed by atoms with van der Waals surface area (Å²) in [4.78, 5) is 11.8. The first-order valence-electron chi connectivity index (χ1n) is 5.10. The van der Waals surface area contributed by atoms with E-state index in [1.54, 1.807) is 24.3 Å². The van der Waals surface area contributed by atoms with Gasteiger partial charge in [0.25, 0.3) is 5.17 Å². The Morgan fingerprint density at radius 3 is 2.56 bits per heavy atom. The fourth-order valence-electron chi connectivity index (χ4n) is 1.35. The Kier molecular flexibility index (Phi) is 3.42. The van der Waals surface area contributed by atoms with E-state index in [0.717, 1.165) is 4.68 Å². The van der Waals surface area contributed by atoms with Crippen LogP contribution in [0.25, 0.3) is 0 Å². The number of thiocarbonyl (C=S) groups is 1. The quantitative estimate of drug-likeness (QED) is 0.752. The molecule has 2 rings (SSSR count). The number of ether oxygens (including phenoxy) is 2. The maximum absolute atomic E-state index is 11.8. The molecule has 1 aromatic carbocycles. The van der Waals surface area contributed by atoms with Gasteiger partial charge < -0.3 is 9.47 Å². The van der Waals surface area contributed by atoms with Crippen LogP contribution in [0.2, 0.25) is 0 Å². The van der Waals surface area contributed by atoms with E-state index in [9.17, 15) is 4.79 Å². The van der Waals surface area contributed by atoms with Crippen molar-refractivity contribution in [2.75, 3.05) is 7.11 Å². The molecule has 0 N–H and O–H groups in total. The Morgan fingerprint density at radius 1 is 1.33 bits per heavy atom. The first-order valence-corrected chi connectivity index (χ1v) is 5.51. The summed E-state index contributed by atoms with van der Waals surface area (Å²) in [5.74, 6) is 0.541. The minimum Gasteiger partial charge on any atom is -0.467 e. The van der Waals surface area contributed by atoms with Gasteiger partial charge in [0, 0.05) is 7.05 Å². The first kappa shape index (κ1) is 12.3. The Labute approximate surface area is 108 Å². The van der Waals surface area contributed by atoms with E-state index in [1.165, 1.54) is 18.7 Å². The molecule has 18 heavy (non-hydrogen) atoms. The SMILES string of the molecule is COc1nn(C(=S)Oc2ccccc2)c(=O)n1C. The molecule has 0 fully saturated rings. The Balaban J connectivity index is 2.27. The minimum atomic E-state index is -0.423. The summed E-state index contributed by atoms with van der Waals surface area (Å²) in [5.41, 5.74) is -0.423. The third-order valence-electron chi connectivity index (χ3n) is 2.24. The molecule has 0 spiro atoms. The molecule has 94 valence electrons. The number of hydrogen-bond donors (Lipinski definition) is 0. The van der Waals surface area contributed by atoms with Crippen molar-refractivity contribution < 1.29 is 9.47 Å². The van der Waals surface area contributed by atoms with E-state index in [1.807, 2.05) is 6.07 Å². The molecule has 0 amide bonds. The van der Waals surface area contributed by atoms with Gasteiger partial charge in [-0.1, -0.05) is 18.2 Å². The molecule has 1 heterocycles. The fraction of sp³-hybridized carbons (Fsp3) is 0.182. The van der Waals surface area contributed by atoms with Crippen LogP contribution >= 0.6 is 12.2 Å². The summed E-state index contributed by atoms with van der Waals surface area (Å²) >= 11 is 5.02. The normalized spacial score (nSPS) is 10.1. The number of aromatic nitrogens is 3. The number of nitrogens with zero attached hydrogens (tertiary/aromatic N) is 3. The second kappa shape index (κ2) is 5.01. The zero-order valence-electron chi connectivity index (χ0n) is 9.86. The number of rotatable bonds is 2. The molecular formula is C11H11N3O3S. The summed E-state index contributed by atoms with van der Waals surface area (Å²) < 4.78 is 12.5. The Hall–Kier alpha value is -2.15. The lowest BCUT2D eigenvalue weighted by atomic mass is 10.3. The lowest BCUT2D eigenvalue weighted by Gasteiger charge is -2.04. The molecule has 0 bridgehead atoms. The molecule has 0 aliphatic heterocycles. The summed E-state index contributed by atoms with van der Waals surface area (Å²) in [5, 5.41) is 3.85. The molecule has 0 saturated heterocycles. The average Bonchev–Trinajstić information content (AvgIpc) is 2.67. The summed E-state index contributed by atoms with van der Waals surface area (Å²) in [6.07, 6.45) is 0. The van der Waals surface area contributed by atoms with Crippen LogP contribution in [-0.4, -0.2) is 26.6 Å². The third-order valence-corrected chi connectivity index (χ3v) is 2.50. The maximum Gasteiger partial charge on any atom is 0.356 e. The molecule has 6 nitrogen and oxygen atoms in total. The van der Waals surface area contributed by atoms with Crippen molar-refractivity contribution in [1.29, 1.82) is 0 Å². The monoisotopic (exact) mass is 265 g/mol. The van der Waals surface area contributed by atoms with Crippen molar-refractivity contribution in [3.05, 3.63) is 40.8 Å². The standard InChI is InChI=1S/C11H11N3O3S/c1-13-9(16-2)12-14(10(13)15)11(18)17-8-6-4-3-5-7-8/h3-7H,1-2H3. The van der Waals surface area contributed by atoms with E-state index in [-0.39, 0.29) is 11.2 Å². The molecule has 2 aromatic rings. The topological polar surface area (TPSA) is 58.3 Å². The van der Waals surface area contributed by atoms with Crippen molar-refractivity contribution in [1.82, 2.24) is 14.3 Å². The Bertz CT molecular complexity index is 618. The highest BCUT2D eigenvalue weighted by Crippen LogP contribution is 2.09. The molecule has 0 aliphatic rings. The molecule has 0 radical (unpaired) electrons. The van der Waals surface area contributed by atoms with E-state index in [0.29, 0.717) is 5.75 Å². The van der Waals surface area contributed by atoms with Crippen LogP contribution in [0.4, 0.5) is 0 Å². The second-order valence-corrected chi connectivity index (χ2v) is 3.77. The molecule has 0 aliphatic carbocycles. The fourth-order valence-corrected chi connectivity index (χ4v) is 1.56. The zero-order valence-corrected chi connectivity index (χ0v) is 10.7. The van der Waals surface area contributed by atoms with Gasteiger partial charge in [0.15, 0.2) is 0 Å². The number of hydrogen-bond acceptors (Lipinski definition) is 5. The average molecular weight is 265 g/mol. The van der Waals surface area contributed by atoms with Gasteiger partial charge in [0.2, 0.25) is 0 Å². The van der Waals surface area contributed by atoms with Gasteiger partial charge in [0.1, 0.15) is 5.75 Å². The van der Waals surface area contributed by atoms with E-state index in [2.05, 4.69) is 5.10 Å². The number of methoxy groups -OCH3 is 1. The van der Waals surface area contributed by atoms with E-state index >= 15 is 0 Å². The van der Waals surface area contributed by atoms with Gasteiger partial charge in [-0.15, -0.1) is 9.78 Å². The van der Waals surface area contributed by atoms with Gasteiger partial charge in [0.05, 0.1) is 7.11 Å². The van der Waals surface area contributed by atoms with Gasteiger partial charge in [-0.3, -0.25) is 0 Å². The minimum absolute atomic E-state index is 0.0508. The maximum atomic E-state index is 11.8. The Morgan fingerprint density at radius 2 is 2.00 bits per heavy atom. The summed E-state index contributed by atoms with van der Waals surface area (Å²) in [7, 11) is 2.96. The van der Waals surface area contributed by atoms with Crippen molar-refractivity contribution in [3.63, 3.8) is 0 Å². The van der Waals surface area contributed by atoms with Crippen LogP contribution in [-0.2, 0) is 7.05 Å². The van der Waals surface area contributed by atoms with Crippen LogP contribution in [0.3, 0.4) is 0 Å². The van der Waals surface area contributed by atoms with Gasteiger partial charge in [-0.05, 0) is 24.4 Å². The van der Waals surface area contributed by atoms with E-state index < -0.39 is 5.69 Å². The molecule has 7 heteroatoms. The van der Waals surface area contributed by atoms with Crippen molar-refractivity contribution in [3.8, 4) is 11.8 Å². The molecule has 0 atom stereocenters. The largest absolute Gasteiger partial charge is 0.467 e. The highest BCUT2D eigenvalue weighted by atomic mass is 32.1. The van der Waals surface area contributed by atoms with Gasteiger partial charge in [-0.25, -0.2) is 9.36 Å². The number of para-hydroxylation sites is 1. The van der Waals surface area contributed by atoms with Crippen LogP contribution in [0.1, 0.15) is 0 Å². The summed E-state index contributed by atoms with van der Waals surface area (Å²) in [6.45, 7) is 0. The smallest absolute Gasteiger partial charge is 0.356 e. The van der Waals surface area contributed by atoms with Crippen LogP contribution in [0.5, 0.6) is 11.8 Å². The number of benzene rings is 1. The van der Waals surface area contributed by atoms with Gasteiger partial charge in [-0.2, -0.15) is 0 Å². The zero-order chi connectivity index (χ0) is 13.1. The van der Waals surface area contributed by atoms with Crippen molar-refractivity contribution >= 4 is 17.4 Å². The predicted molar refractivity (Wildman–Crippen MR) is 69.1 cm³/mol. The molecule has 1 aromatic heterocycles. The van der Waals surface area contributed by atoms with Crippen molar-refractivity contribution in [2.24, 2.45) is 7.05 Å². The molecular weight excluding hydrogens is 254 g/mol. The highest BCUT2D eigenvalue weighted by molar-refractivity contribution is 7.80. The predicted octanol–water partition coefficient (Wildman–Crippen LogP) is 0.802. The second-order valence-electron chi connectivity index (χ2n) is 3.42. The lowest BCUT2D eigenvalue weighted by Crippen LogP contribution is -2.31. The summed E-state index contributed by atoms with van der Waals surface area (Å²) in [6, 6.07) is 9.10. The van der Waals surface area contributed by atoms with Gasteiger partial charge >= 0.3 is 11.7 Å². The first-order chi connectivity index (χ1) is 8.63. The van der Waals surface area contributed by atoms with Crippen LogP contribution < -0.4 is 15.2 Å². The van der Waals surface area contributed by atoms with E-state index in [4.69, 9.17) is 21.7 Å².